The third-order valence-electron chi connectivity index (χ3n) is 3.43. The summed E-state index contributed by atoms with van der Waals surface area (Å²) in [6.07, 6.45) is -0.582. The van der Waals surface area contributed by atoms with Crippen LogP contribution in [0.15, 0.2) is 18.2 Å². The molecule has 0 saturated carbocycles. The van der Waals surface area contributed by atoms with Crippen molar-refractivity contribution in [2.24, 2.45) is 5.41 Å². The second kappa shape index (κ2) is 5.81. The zero-order chi connectivity index (χ0) is 14.8. The van der Waals surface area contributed by atoms with Crippen LogP contribution < -0.4 is 10.6 Å². The van der Waals surface area contributed by atoms with Crippen LogP contribution in [-0.4, -0.2) is 23.8 Å². The first-order chi connectivity index (χ1) is 9.36. The highest BCUT2D eigenvalue weighted by Gasteiger charge is 2.22. The number of benzene rings is 1. The fourth-order valence-electron chi connectivity index (χ4n) is 1.92. The van der Waals surface area contributed by atoms with E-state index in [1.54, 1.807) is 0 Å². The van der Waals surface area contributed by atoms with E-state index in [1.807, 2.05) is 39.0 Å². The number of aliphatic hydroxyl groups excluding tert-OH is 1. The number of hydrogen-bond donors (Lipinski definition) is 3. The van der Waals surface area contributed by atoms with E-state index in [2.05, 4.69) is 10.6 Å². The van der Waals surface area contributed by atoms with Crippen molar-refractivity contribution >= 4 is 11.7 Å². The smallest absolute Gasteiger partial charge is 0.319 e. The van der Waals surface area contributed by atoms with Crippen LogP contribution in [0.25, 0.3) is 0 Å². The van der Waals surface area contributed by atoms with Gasteiger partial charge in [-0.05, 0) is 28.7 Å². The average Bonchev–Trinajstić information content (AvgIpc) is 2.82. The fraction of sp³-hybridized carbons (Fsp3) is 0.533. The average molecular weight is 278 g/mol. The summed E-state index contributed by atoms with van der Waals surface area (Å²) in [6, 6.07) is 5.42. The molecular formula is C15H22N2O3. The lowest BCUT2D eigenvalue weighted by Crippen LogP contribution is -2.40. The molecule has 0 radical (unpaired) electrons. The van der Waals surface area contributed by atoms with Gasteiger partial charge in [-0.1, -0.05) is 26.8 Å². The molecule has 0 fully saturated rings. The molecule has 0 aliphatic carbocycles. The molecule has 1 aliphatic rings. The molecule has 3 N–H and O–H groups in total. The van der Waals surface area contributed by atoms with E-state index in [9.17, 15) is 9.90 Å². The third-order valence-corrected chi connectivity index (χ3v) is 3.43. The molecular weight excluding hydrogens is 256 g/mol. The molecule has 2 rings (SSSR count). The van der Waals surface area contributed by atoms with E-state index in [1.165, 1.54) is 5.56 Å². The number of nitrogens with one attached hydrogen (secondary N) is 2. The van der Waals surface area contributed by atoms with Gasteiger partial charge < -0.3 is 20.5 Å². The van der Waals surface area contributed by atoms with Crippen molar-refractivity contribution in [3.05, 3.63) is 29.3 Å². The lowest BCUT2D eigenvalue weighted by molar-refractivity contribution is 0.0654. The Labute approximate surface area is 119 Å². The Morgan fingerprint density at radius 2 is 2.05 bits per heavy atom. The Hall–Kier alpha value is -1.59. The van der Waals surface area contributed by atoms with Crippen LogP contribution in [-0.2, 0) is 18.0 Å². The van der Waals surface area contributed by atoms with E-state index in [4.69, 9.17) is 4.74 Å². The summed E-state index contributed by atoms with van der Waals surface area (Å²) in [5, 5.41) is 15.3. The zero-order valence-electron chi connectivity index (χ0n) is 12.2. The van der Waals surface area contributed by atoms with Crippen LogP contribution in [0.1, 0.15) is 31.9 Å². The van der Waals surface area contributed by atoms with Gasteiger partial charge in [0.25, 0.3) is 0 Å². The van der Waals surface area contributed by atoms with Crippen molar-refractivity contribution in [2.75, 3.05) is 11.9 Å². The maximum Gasteiger partial charge on any atom is 0.319 e. The summed E-state index contributed by atoms with van der Waals surface area (Å²) in [6.45, 7) is 7.24. The van der Waals surface area contributed by atoms with Crippen molar-refractivity contribution < 1.29 is 14.6 Å². The molecule has 0 saturated heterocycles. The summed E-state index contributed by atoms with van der Waals surface area (Å²) < 4.78 is 5.33. The Morgan fingerprint density at radius 3 is 2.75 bits per heavy atom. The van der Waals surface area contributed by atoms with Crippen LogP contribution in [0.5, 0.6) is 0 Å². The molecule has 1 aromatic rings. The fourth-order valence-corrected chi connectivity index (χ4v) is 1.92. The van der Waals surface area contributed by atoms with Crippen molar-refractivity contribution in [3.8, 4) is 0 Å². The minimum absolute atomic E-state index is 0.226. The van der Waals surface area contributed by atoms with E-state index in [-0.39, 0.29) is 18.0 Å². The molecule has 1 atom stereocenters. The number of urea groups is 1. The van der Waals surface area contributed by atoms with E-state index < -0.39 is 6.10 Å². The number of ether oxygens (including phenoxy) is 1. The van der Waals surface area contributed by atoms with Crippen LogP contribution in [0.4, 0.5) is 10.5 Å². The van der Waals surface area contributed by atoms with Crippen LogP contribution in [0, 0.1) is 5.41 Å². The molecule has 1 aromatic carbocycles. The highest BCUT2D eigenvalue weighted by atomic mass is 16.5. The summed E-state index contributed by atoms with van der Waals surface area (Å²) in [5.41, 5.74) is 2.76. The first kappa shape index (κ1) is 14.8. The number of anilines is 1. The van der Waals surface area contributed by atoms with Gasteiger partial charge in [0, 0.05) is 12.2 Å². The summed E-state index contributed by atoms with van der Waals surface area (Å²) in [4.78, 5) is 11.8. The molecule has 5 heteroatoms. The molecule has 20 heavy (non-hydrogen) atoms. The van der Waals surface area contributed by atoms with Gasteiger partial charge in [0.15, 0.2) is 0 Å². The summed E-state index contributed by atoms with van der Waals surface area (Å²) in [7, 11) is 0. The molecule has 0 bridgehead atoms. The molecule has 0 spiro atoms. The number of carbonyl (C=O) groups is 1. The monoisotopic (exact) mass is 278 g/mol. The molecule has 1 unspecified atom stereocenters. The van der Waals surface area contributed by atoms with E-state index in [0.29, 0.717) is 13.2 Å². The Morgan fingerprint density at radius 1 is 1.35 bits per heavy atom. The Balaban J connectivity index is 1.86. The first-order valence-electron chi connectivity index (χ1n) is 6.79. The topological polar surface area (TPSA) is 70.6 Å². The highest BCUT2D eigenvalue weighted by molar-refractivity contribution is 5.89. The number of hydrogen-bond acceptors (Lipinski definition) is 3. The van der Waals surface area contributed by atoms with Gasteiger partial charge in [-0.2, -0.15) is 0 Å². The molecule has 1 heterocycles. The molecule has 5 nitrogen and oxygen atoms in total. The van der Waals surface area contributed by atoms with E-state index in [0.717, 1.165) is 11.3 Å². The second-order valence-corrected chi connectivity index (χ2v) is 6.19. The first-order valence-corrected chi connectivity index (χ1v) is 6.79. The maximum absolute atomic E-state index is 11.8. The summed E-state index contributed by atoms with van der Waals surface area (Å²) in [5.74, 6) is 0. The predicted octanol–water partition coefficient (Wildman–Crippen LogP) is 2.25. The lowest BCUT2D eigenvalue weighted by atomic mass is 9.89. The minimum atomic E-state index is -0.582. The number of carbonyl (C=O) groups excluding carboxylic acids is 1. The largest absolute Gasteiger partial charge is 0.391 e. The van der Waals surface area contributed by atoms with Crippen molar-refractivity contribution in [1.82, 2.24) is 5.32 Å². The third kappa shape index (κ3) is 3.71. The van der Waals surface area contributed by atoms with Gasteiger partial charge in [-0.25, -0.2) is 4.79 Å². The SMILES string of the molecule is CC(C)(C)C(O)CNC(=O)Nc1ccc2c(c1)COC2. The number of rotatable bonds is 3. The van der Waals surface area contributed by atoms with Crippen molar-refractivity contribution in [2.45, 2.75) is 40.1 Å². The van der Waals surface area contributed by atoms with Crippen LogP contribution in [0.2, 0.25) is 0 Å². The molecule has 0 aromatic heterocycles. The number of amides is 2. The van der Waals surface area contributed by atoms with Crippen molar-refractivity contribution in [1.29, 1.82) is 0 Å². The molecule has 2 amide bonds. The van der Waals surface area contributed by atoms with Crippen LogP contribution >= 0.6 is 0 Å². The van der Waals surface area contributed by atoms with E-state index >= 15 is 0 Å². The minimum Gasteiger partial charge on any atom is -0.391 e. The van der Waals surface area contributed by atoms with Gasteiger partial charge in [0.2, 0.25) is 0 Å². The molecule has 1 aliphatic heterocycles. The normalized spacial score (nSPS) is 15.6. The standard InChI is InChI=1S/C15H22N2O3/c1-15(2,3)13(18)7-16-14(19)17-12-5-4-10-8-20-9-11(10)6-12/h4-6,13,18H,7-9H2,1-3H3,(H2,16,17,19). The van der Waals surface area contributed by atoms with Crippen molar-refractivity contribution in [3.63, 3.8) is 0 Å². The Bertz CT molecular complexity index is 494. The number of aliphatic hydroxyl groups is 1. The van der Waals surface area contributed by atoms with Gasteiger partial charge in [-0.3, -0.25) is 0 Å². The Kier molecular flexibility index (Phi) is 4.30. The quantitative estimate of drug-likeness (QED) is 0.794. The predicted molar refractivity (Wildman–Crippen MR) is 77.4 cm³/mol. The van der Waals surface area contributed by atoms with Gasteiger partial charge >= 0.3 is 6.03 Å². The highest BCUT2D eigenvalue weighted by Crippen LogP contribution is 2.23. The number of fused-ring (bicyclic) bond motifs is 1. The maximum atomic E-state index is 11.8. The van der Waals surface area contributed by atoms with Crippen LogP contribution in [0.3, 0.4) is 0 Å². The van der Waals surface area contributed by atoms with Gasteiger partial charge in [0.1, 0.15) is 0 Å². The lowest BCUT2D eigenvalue weighted by Gasteiger charge is -2.25. The molecule has 110 valence electrons. The van der Waals surface area contributed by atoms with Gasteiger partial charge in [0.05, 0.1) is 19.3 Å². The van der Waals surface area contributed by atoms with Gasteiger partial charge in [-0.15, -0.1) is 0 Å². The second-order valence-electron chi connectivity index (χ2n) is 6.19. The zero-order valence-corrected chi connectivity index (χ0v) is 12.2. The summed E-state index contributed by atoms with van der Waals surface area (Å²) >= 11 is 0.